The van der Waals surface area contributed by atoms with Crippen LogP contribution < -0.4 is 19.2 Å². The molecule has 0 heterocycles. The molecule has 0 atom stereocenters. The summed E-state index contributed by atoms with van der Waals surface area (Å²) >= 11 is 6.23. The number of hydrazone groups is 1. The number of anilines is 1. The summed E-state index contributed by atoms with van der Waals surface area (Å²) in [6, 6.07) is 28.4. The Morgan fingerprint density at radius 1 is 0.950 bits per heavy atom. The van der Waals surface area contributed by atoms with Gasteiger partial charge in [-0.1, -0.05) is 60.1 Å². The number of ether oxygens (including phenoxy) is 2. The van der Waals surface area contributed by atoms with Crippen molar-refractivity contribution in [3.63, 3.8) is 0 Å². The summed E-state index contributed by atoms with van der Waals surface area (Å²) in [5.74, 6) is 0.675. The van der Waals surface area contributed by atoms with Gasteiger partial charge in [0.05, 0.1) is 31.8 Å². The molecule has 0 aliphatic heterocycles. The molecule has 206 valence electrons. The highest BCUT2D eigenvalue weighted by Gasteiger charge is 2.19. The highest BCUT2D eigenvalue weighted by atomic mass is 35.5. The maximum Gasteiger partial charge on any atom is 0.271 e. The molecule has 0 unspecified atom stereocenters. The lowest BCUT2D eigenvalue weighted by molar-refractivity contribution is 0.0955. The van der Waals surface area contributed by atoms with E-state index in [4.69, 9.17) is 21.1 Å². The summed E-state index contributed by atoms with van der Waals surface area (Å²) in [6.45, 7) is 0.468. The minimum absolute atomic E-state index is 0.0634. The zero-order valence-electron chi connectivity index (χ0n) is 22.0. The van der Waals surface area contributed by atoms with Crippen molar-refractivity contribution in [2.24, 2.45) is 5.10 Å². The highest BCUT2D eigenvalue weighted by Crippen LogP contribution is 2.28. The maximum absolute atomic E-state index is 12.6. The summed E-state index contributed by atoms with van der Waals surface area (Å²) in [6.07, 6.45) is 2.61. The SMILES string of the molecule is COc1cc(/C=N\NC(=O)c2ccc(N(Cc3ccccc3Cl)S(C)(=O)=O)cc2)ccc1OCc1ccccc1. The lowest BCUT2D eigenvalue weighted by atomic mass is 10.2. The average Bonchev–Trinajstić information content (AvgIpc) is 2.96. The van der Waals surface area contributed by atoms with Crippen LogP contribution in [0, 0.1) is 0 Å². The first-order valence-electron chi connectivity index (χ1n) is 12.2. The number of methoxy groups -OCH3 is 1. The molecule has 40 heavy (non-hydrogen) atoms. The standard InChI is InChI=1S/C30H28ClN3O5S/c1-38-29-18-23(12-17-28(29)39-21-22-8-4-3-5-9-22)19-32-33-30(35)24-13-15-26(16-14-24)34(40(2,36)37)20-25-10-6-7-11-27(25)31/h3-19H,20-21H2,1-2H3,(H,33,35)/b32-19-. The van der Waals surface area contributed by atoms with Crippen LogP contribution in [0.15, 0.2) is 102 Å². The number of halogens is 1. The molecule has 1 N–H and O–H groups in total. The van der Waals surface area contributed by atoms with E-state index >= 15 is 0 Å². The van der Waals surface area contributed by atoms with E-state index in [1.54, 1.807) is 61.7 Å². The van der Waals surface area contributed by atoms with Gasteiger partial charge in [0.2, 0.25) is 10.0 Å². The summed E-state index contributed by atoms with van der Waals surface area (Å²) < 4.78 is 37.5. The Morgan fingerprint density at radius 3 is 2.33 bits per heavy atom. The summed E-state index contributed by atoms with van der Waals surface area (Å²) in [4.78, 5) is 12.6. The van der Waals surface area contributed by atoms with Crippen molar-refractivity contribution in [1.82, 2.24) is 5.43 Å². The molecule has 0 saturated carbocycles. The van der Waals surface area contributed by atoms with E-state index in [1.165, 1.54) is 22.7 Å². The molecule has 0 aliphatic carbocycles. The van der Waals surface area contributed by atoms with Gasteiger partial charge in [-0.05, 0) is 65.2 Å². The summed E-state index contributed by atoms with van der Waals surface area (Å²) in [7, 11) is -2.05. The van der Waals surface area contributed by atoms with E-state index in [9.17, 15) is 13.2 Å². The molecule has 0 saturated heterocycles. The van der Waals surface area contributed by atoms with Crippen molar-refractivity contribution in [3.05, 3.63) is 124 Å². The van der Waals surface area contributed by atoms with Crippen LogP contribution in [0.4, 0.5) is 5.69 Å². The minimum atomic E-state index is -3.61. The predicted molar refractivity (Wildman–Crippen MR) is 158 cm³/mol. The van der Waals surface area contributed by atoms with Gasteiger partial charge in [-0.15, -0.1) is 0 Å². The predicted octanol–water partition coefficient (Wildman–Crippen LogP) is 5.66. The van der Waals surface area contributed by atoms with E-state index < -0.39 is 15.9 Å². The normalized spacial score (nSPS) is 11.3. The van der Waals surface area contributed by atoms with Crippen molar-refractivity contribution in [3.8, 4) is 11.5 Å². The number of nitrogens with zero attached hydrogens (tertiary/aromatic N) is 2. The van der Waals surface area contributed by atoms with E-state index in [0.29, 0.717) is 45.5 Å². The Hall–Kier alpha value is -4.34. The first kappa shape index (κ1) is 28.7. The molecule has 1 amide bonds. The molecule has 8 nitrogen and oxygen atoms in total. The highest BCUT2D eigenvalue weighted by molar-refractivity contribution is 7.92. The van der Waals surface area contributed by atoms with Gasteiger partial charge >= 0.3 is 0 Å². The lowest BCUT2D eigenvalue weighted by Crippen LogP contribution is -2.29. The zero-order chi connectivity index (χ0) is 28.5. The molecule has 0 aromatic heterocycles. The fourth-order valence-electron chi connectivity index (χ4n) is 3.81. The van der Waals surface area contributed by atoms with Crippen molar-refractivity contribution in [2.75, 3.05) is 17.7 Å². The van der Waals surface area contributed by atoms with E-state index in [0.717, 1.165) is 11.8 Å². The topological polar surface area (TPSA) is 97.3 Å². The van der Waals surface area contributed by atoms with E-state index in [-0.39, 0.29) is 6.54 Å². The second-order valence-electron chi connectivity index (χ2n) is 8.79. The van der Waals surface area contributed by atoms with E-state index in [2.05, 4.69) is 10.5 Å². The van der Waals surface area contributed by atoms with Gasteiger partial charge in [0.25, 0.3) is 5.91 Å². The molecule has 0 bridgehead atoms. The van der Waals surface area contributed by atoms with Crippen LogP contribution in [-0.4, -0.2) is 33.9 Å². The maximum atomic E-state index is 12.6. The first-order chi connectivity index (χ1) is 19.2. The number of amides is 1. The number of carbonyl (C=O) groups is 1. The van der Waals surface area contributed by atoms with Gasteiger partial charge in [0.15, 0.2) is 11.5 Å². The smallest absolute Gasteiger partial charge is 0.271 e. The number of benzene rings is 4. The van der Waals surface area contributed by atoms with Crippen LogP contribution in [0.3, 0.4) is 0 Å². The fraction of sp³-hybridized carbons (Fsp3) is 0.133. The summed E-state index contributed by atoms with van der Waals surface area (Å²) in [5, 5.41) is 4.51. The third kappa shape index (κ3) is 7.62. The number of rotatable bonds is 11. The van der Waals surface area contributed by atoms with Crippen molar-refractivity contribution in [2.45, 2.75) is 13.2 Å². The Balaban J connectivity index is 1.39. The Morgan fingerprint density at radius 2 is 1.65 bits per heavy atom. The number of hydrogen-bond donors (Lipinski definition) is 1. The largest absolute Gasteiger partial charge is 0.493 e. The number of nitrogens with one attached hydrogen (secondary N) is 1. The molecule has 0 fully saturated rings. The van der Waals surface area contributed by atoms with E-state index in [1.807, 2.05) is 30.3 Å². The first-order valence-corrected chi connectivity index (χ1v) is 14.5. The van der Waals surface area contributed by atoms with Gasteiger partial charge in [0, 0.05) is 10.6 Å². The quantitative estimate of drug-likeness (QED) is 0.183. The van der Waals surface area contributed by atoms with Gasteiger partial charge < -0.3 is 9.47 Å². The average molecular weight is 578 g/mol. The molecule has 4 aromatic carbocycles. The Bertz CT molecular complexity index is 1590. The van der Waals surface area contributed by atoms with Crippen LogP contribution in [-0.2, 0) is 23.2 Å². The number of carbonyl (C=O) groups excluding carboxylic acids is 1. The second kappa shape index (κ2) is 13.1. The van der Waals surface area contributed by atoms with Crippen LogP contribution in [0.25, 0.3) is 0 Å². The Kier molecular flexibility index (Phi) is 9.42. The molecule has 10 heteroatoms. The van der Waals surface area contributed by atoms with Crippen molar-refractivity contribution < 1.29 is 22.7 Å². The minimum Gasteiger partial charge on any atom is -0.493 e. The van der Waals surface area contributed by atoms with Crippen LogP contribution in [0.2, 0.25) is 5.02 Å². The third-order valence-electron chi connectivity index (χ3n) is 5.89. The second-order valence-corrected chi connectivity index (χ2v) is 11.1. The number of hydrogen-bond acceptors (Lipinski definition) is 6. The van der Waals surface area contributed by atoms with Gasteiger partial charge in [-0.2, -0.15) is 5.10 Å². The van der Waals surface area contributed by atoms with Crippen molar-refractivity contribution >= 4 is 39.4 Å². The molecular weight excluding hydrogens is 550 g/mol. The molecule has 0 aliphatic rings. The van der Waals surface area contributed by atoms with Gasteiger partial charge in [-0.3, -0.25) is 9.10 Å². The van der Waals surface area contributed by atoms with Crippen LogP contribution >= 0.6 is 11.6 Å². The van der Waals surface area contributed by atoms with Crippen LogP contribution in [0.5, 0.6) is 11.5 Å². The number of sulfonamides is 1. The molecular formula is C30H28ClN3O5S. The van der Waals surface area contributed by atoms with Crippen molar-refractivity contribution in [1.29, 1.82) is 0 Å². The fourth-order valence-corrected chi connectivity index (χ4v) is 4.88. The van der Waals surface area contributed by atoms with Gasteiger partial charge in [-0.25, -0.2) is 13.8 Å². The molecule has 4 rings (SSSR count). The summed E-state index contributed by atoms with van der Waals surface area (Å²) in [5.41, 5.74) is 5.60. The van der Waals surface area contributed by atoms with Gasteiger partial charge in [0.1, 0.15) is 6.61 Å². The monoisotopic (exact) mass is 577 g/mol. The Labute approximate surface area is 238 Å². The lowest BCUT2D eigenvalue weighted by Gasteiger charge is -2.23. The third-order valence-corrected chi connectivity index (χ3v) is 7.40. The van der Waals surface area contributed by atoms with Crippen LogP contribution in [0.1, 0.15) is 27.0 Å². The molecule has 0 spiro atoms. The molecule has 4 aromatic rings. The zero-order valence-corrected chi connectivity index (χ0v) is 23.5. The molecule has 0 radical (unpaired) electrons.